The van der Waals surface area contributed by atoms with E-state index in [9.17, 15) is 0 Å². The van der Waals surface area contributed by atoms with E-state index in [-0.39, 0.29) is 0 Å². The molecule has 1 aliphatic carbocycles. The van der Waals surface area contributed by atoms with Crippen molar-refractivity contribution in [3.63, 3.8) is 0 Å². The van der Waals surface area contributed by atoms with Crippen LogP contribution in [0.2, 0.25) is 0 Å². The number of fused-ring (bicyclic) bond motifs is 1. The monoisotopic (exact) mass is 257 g/mol. The number of aromatic nitrogens is 2. The zero-order valence-corrected chi connectivity index (χ0v) is 12.1. The molecule has 2 atom stereocenters. The van der Waals surface area contributed by atoms with E-state index in [1.807, 2.05) is 6.33 Å². The van der Waals surface area contributed by atoms with E-state index in [0.29, 0.717) is 12.1 Å². The minimum Gasteiger partial charge on any atom is -0.326 e. The third-order valence-electron chi connectivity index (χ3n) is 4.65. The Morgan fingerprint density at radius 3 is 2.68 bits per heavy atom. The van der Waals surface area contributed by atoms with Crippen LogP contribution >= 0.6 is 0 Å². The minimum atomic E-state index is 0.547. The van der Waals surface area contributed by atoms with Crippen molar-refractivity contribution in [3.8, 4) is 0 Å². The lowest BCUT2D eigenvalue weighted by Gasteiger charge is -2.32. The van der Waals surface area contributed by atoms with E-state index < -0.39 is 0 Å². The van der Waals surface area contributed by atoms with Crippen LogP contribution < -0.4 is 5.32 Å². The number of nitrogens with one attached hydrogen (secondary N) is 1. The Morgan fingerprint density at radius 2 is 1.89 bits per heavy atom. The summed E-state index contributed by atoms with van der Waals surface area (Å²) in [5.41, 5.74) is 5.09. The molecular weight excluding hydrogens is 234 g/mol. The van der Waals surface area contributed by atoms with Crippen LogP contribution in [0.15, 0.2) is 18.5 Å². The molecule has 3 rings (SSSR count). The summed E-state index contributed by atoms with van der Waals surface area (Å²) in [6.45, 7) is 4.34. The van der Waals surface area contributed by atoms with Crippen molar-refractivity contribution in [2.24, 2.45) is 0 Å². The summed E-state index contributed by atoms with van der Waals surface area (Å²) in [7, 11) is 2.08. The van der Waals surface area contributed by atoms with Crippen LogP contribution in [0.5, 0.6) is 0 Å². The van der Waals surface area contributed by atoms with Gasteiger partial charge in [0, 0.05) is 6.04 Å². The molecule has 19 heavy (non-hydrogen) atoms. The van der Waals surface area contributed by atoms with Gasteiger partial charge in [0.25, 0.3) is 0 Å². The Bertz CT molecular complexity index is 585. The second-order valence-corrected chi connectivity index (χ2v) is 5.82. The lowest BCUT2D eigenvalue weighted by atomic mass is 9.90. The molecule has 0 amide bonds. The average molecular weight is 257 g/mol. The highest BCUT2D eigenvalue weighted by molar-refractivity contribution is 5.77. The first kappa shape index (κ1) is 12.7. The second-order valence-electron chi connectivity index (χ2n) is 5.82. The zero-order chi connectivity index (χ0) is 13.4. The fraction of sp³-hybridized carbons (Fsp3) is 0.562. The average Bonchev–Trinajstić information content (AvgIpc) is 2.82. The van der Waals surface area contributed by atoms with Crippen molar-refractivity contribution in [1.82, 2.24) is 14.9 Å². The fourth-order valence-corrected chi connectivity index (χ4v) is 3.33. The van der Waals surface area contributed by atoms with Gasteiger partial charge in [-0.15, -0.1) is 0 Å². The molecule has 1 aromatic carbocycles. The summed E-state index contributed by atoms with van der Waals surface area (Å²) in [5.74, 6) is 0. The number of hydrogen-bond donors (Lipinski definition) is 1. The van der Waals surface area contributed by atoms with Gasteiger partial charge in [0.15, 0.2) is 0 Å². The molecular formula is C16H23N3. The third kappa shape index (κ3) is 2.16. The normalized spacial score (nSPS) is 23.9. The fourth-order valence-electron chi connectivity index (χ4n) is 3.33. The predicted octanol–water partition coefficient (Wildman–Crippen LogP) is 3.36. The lowest BCUT2D eigenvalue weighted by Crippen LogP contribution is -2.37. The van der Waals surface area contributed by atoms with Crippen molar-refractivity contribution in [1.29, 1.82) is 0 Å². The summed E-state index contributed by atoms with van der Waals surface area (Å²) in [4.78, 5) is 4.60. The number of hydrogen-bond acceptors (Lipinski definition) is 2. The van der Waals surface area contributed by atoms with Crippen LogP contribution in [-0.4, -0.2) is 22.6 Å². The Morgan fingerprint density at radius 1 is 1.16 bits per heavy atom. The molecule has 2 unspecified atom stereocenters. The van der Waals surface area contributed by atoms with Gasteiger partial charge in [0.1, 0.15) is 0 Å². The highest BCUT2D eigenvalue weighted by atomic mass is 15.1. The molecule has 1 N–H and O–H groups in total. The molecule has 0 radical (unpaired) electrons. The van der Waals surface area contributed by atoms with E-state index in [2.05, 4.69) is 47.9 Å². The van der Waals surface area contributed by atoms with Crippen molar-refractivity contribution in [2.75, 3.05) is 7.05 Å². The van der Waals surface area contributed by atoms with Crippen LogP contribution in [0, 0.1) is 13.8 Å². The molecule has 1 aliphatic rings. The maximum atomic E-state index is 4.60. The van der Waals surface area contributed by atoms with Gasteiger partial charge in [0.05, 0.1) is 23.4 Å². The van der Waals surface area contributed by atoms with E-state index in [1.54, 1.807) is 0 Å². The molecule has 3 heteroatoms. The first-order valence-electron chi connectivity index (χ1n) is 7.32. The second kappa shape index (κ2) is 4.97. The van der Waals surface area contributed by atoms with E-state index >= 15 is 0 Å². The molecule has 0 saturated heterocycles. The Hall–Kier alpha value is -1.35. The quantitative estimate of drug-likeness (QED) is 0.894. The van der Waals surface area contributed by atoms with Gasteiger partial charge >= 0.3 is 0 Å². The van der Waals surface area contributed by atoms with Gasteiger partial charge in [-0.3, -0.25) is 0 Å². The highest BCUT2D eigenvalue weighted by Crippen LogP contribution is 2.31. The number of rotatable bonds is 2. The molecule has 3 nitrogen and oxygen atoms in total. The smallest absolute Gasteiger partial charge is 0.0961 e. The SMILES string of the molecule is CNC1CCCCC1n1cnc2cc(C)c(C)cc21. The topological polar surface area (TPSA) is 29.9 Å². The van der Waals surface area contributed by atoms with Gasteiger partial charge < -0.3 is 9.88 Å². The van der Waals surface area contributed by atoms with Crippen molar-refractivity contribution < 1.29 is 0 Å². The molecule has 1 fully saturated rings. The van der Waals surface area contributed by atoms with Crippen molar-refractivity contribution >= 4 is 11.0 Å². The maximum absolute atomic E-state index is 4.60. The summed E-state index contributed by atoms with van der Waals surface area (Å²) < 4.78 is 2.39. The van der Waals surface area contributed by atoms with Crippen LogP contribution in [0.4, 0.5) is 0 Å². The summed E-state index contributed by atoms with van der Waals surface area (Å²) in [6, 6.07) is 5.62. The Kier molecular flexibility index (Phi) is 3.31. The van der Waals surface area contributed by atoms with Gasteiger partial charge in [-0.1, -0.05) is 12.8 Å². The molecule has 2 aromatic rings. The largest absolute Gasteiger partial charge is 0.326 e. The van der Waals surface area contributed by atoms with E-state index in [1.165, 1.54) is 42.3 Å². The molecule has 0 spiro atoms. The van der Waals surface area contributed by atoms with Gasteiger partial charge in [-0.25, -0.2) is 4.98 Å². The number of nitrogens with zero attached hydrogens (tertiary/aromatic N) is 2. The third-order valence-corrected chi connectivity index (χ3v) is 4.65. The molecule has 1 heterocycles. The lowest BCUT2D eigenvalue weighted by molar-refractivity contribution is 0.279. The number of benzene rings is 1. The van der Waals surface area contributed by atoms with Crippen molar-refractivity contribution in [3.05, 3.63) is 29.6 Å². The molecule has 1 saturated carbocycles. The van der Waals surface area contributed by atoms with E-state index in [0.717, 1.165) is 5.52 Å². The first-order chi connectivity index (χ1) is 9.20. The van der Waals surface area contributed by atoms with Crippen LogP contribution in [-0.2, 0) is 0 Å². The van der Waals surface area contributed by atoms with Crippen molar-refractivity contribution in [2.45, 2.75) is 51.6 Å². The summed E-state index contributed by atoms with van der Waals surface area (Å²) >= 11 is 0. The molecule has 0 bridgehead atoms. The zero-order valence-electron chi connectivity index (χ0n) is 12.1. The molecule has 0 aliphatic heterocycles. The standard InChI is InChI=1S/C16H23N3/c1-11-8-14-16(9-12(11)2)19(10-18-14)15-7-5-4-6-13(15)17-3/h8-10,13,15,17H,4-7H2,1-3H3. The van der Waals surface area contributed by atoms with Crippen LogP contribution in [0.1, 0.15) is 42.9 Å². The summed E-state index contributed by atoms with van der Waals surface area (Å²) in [6.07, 6.45) is 7.22. The van der Waals surface area contributed by atoms with Crippen LogP contribution in [0.3, 0.4) is 0 Å². The van der Waals surface area contributed by atoms with Gasteiger partial charge in [-0.2, -0.15) is 0 Å². The minimum absolute atomic E-state index is 0.547. The first-order valence-corrected chi connectivity index (χ1v) is 7.32. The molecule has 102 valence electrons. The Balaban J connectivity index is 2.06. The number of imidazole rings is 1. The molecule has 1 aromatic heterocycles. The van der Waals surface area contributed by atoms with Crippen LogP contribution in [0.25, 0.3) is 11.0 Å². The van der Waals surface area contributed by atoms with Gasteiger partial charge in [-0.05, 0) is 57.0 Å². The van der Waals surface area contributed by atoms with E-state index in [4.69, 9.17) is 0 Å². The van der Waals surface area contributed by atoms with Gasteiger partial charge in [0.2, 0.25) is 0 Å². The number of aryl methyl sites for hydroxylation is 2. The maximum Gasteiger partial charge on any atom is 0.0961 e. The number of likely N-dealkylation sites (N-methyl/N-ethyl adjacent to an activating group) is 1. The predicted molar refractivity (Wildman–Crippen MR) is 79.6 cm³/mol. The summed E-state index contributed by atoms with van der Waals surface area (Å²) in [5, 5.41) is 3.48. The highest BCUT2D eigenvalue weighted by Gasteiger charge is 2.26. The Labute approximate surface area is 115 Å².